The van der Waals surface area contributed by atoms with Gasteiger partial charge < -0.3 is 10.1 Å². The Bertz CT molecular complexity index is 407. The standard InChI is InChI=1S/C13H23N5O2/c1-11(2)8-17-5-6-20-12(9-17)7-14-13(19)10-18-4-3-15-16-18/h3-4,11-12H,5-10H2,1-2H3,(H,14,19). The van der Waals surface area contributed by atoms with Gasteiger partial charge in [-0.1, -0.05) is 19.1 Å². The molecule has 2 rings (SSSR count). The second-order valence-electron chi connectivity index (χ2n) is 5.55. The van der Waals surface area contributed by atoms with E-state index in [-0.39, 0.29) is 18.6 Å². The first-order valence-corrected chi connectivity index (χ1v) is 7.08. The molecular weight excluding hydrogens is 258 g/mol. The molecule has 1 aliphatic heterocycles. The molecule has 20 heavy (non-hydrogen) atoms. The van der Waals surface area contributed by atoms with Crippen molar-refractivity contribution in [2.24, 2.45) is 5.92 Å². The zero-order chi connectivity index (χ0) is 14.4. The molecule has 1 aliphatic rings. The van der Waals surface area contributed by atoms with Crippen LogP contribution in [0.3, 0.4) is 0 Å². The molecule has 1 aromatic heterocycles. The Kier molecular flexibility index (Phi) is 5.49. The maximum atomic E-state index is 11.7. The van der Waals surface area contributed by atoms with Crippen LogP contribution in [0.25, 0.3) is 0 Å². The quantitative estimate of drug-likeness (QED) is 0.778. The number of hydrogen-bond acceptors (Lipinski definition) is 5. The van der Waals surface area contributed by atoms with E-state index >= 15 is 0 Å². The van der Waals surface area contributed by atoms with E-state index in [1.165, 1.54) is 4.68 Å². The largest absolute Gasteiger partial charge is 0.374 e. The molecule has 0 saturated carbocycles. The maximum absolute atomic E-state index is 11.7. The third kappa shape index (κ3) is 4.90. The van der Waals surface area contributed by atoms with Crippen molar-refractivity contribution in [2.75, 3.05) is 32.8 Å². The summed E-state index contributed by atoms with van der Waals surface area (Å²) < 4.78 is 7.19. The summed E-state index contributed by atoms with van der Waals surface area (Å²) in [6.07, 6.45) is 3.30. The summed E-state index contributed by atoms with van der Waals surface area (Å²) in [6.45, 7) is 8.83. The molecular formula is C13H23N5O2. The number of morpholine rings is 1. The van der Waals surface area contributed by atoms with Gasteiger partial charge in [-0.15, -0.1) is 5.10 Å². The smallest absolute Gasteiger partial charge is 0.241 e. The fourth-order valence-electron chi connectivity index (χ4n) is 2.33. The number of ether oxygens (including phenoxy) is 1. The Balaban J connectivity index is 1.69. The fourth-order valence-corrected chi connectivity index (χ4v) is 2.33. The summed E-state index contributed by atoms with van der Waals surface area (Å²) >= 11 is 0. The lowest BCUT2D eigenvalue weighted by atomic mass is 10.2. The van der Waals surface area contributed by atoms with Crippen LogP contribution in [0.2, 0.25) is 0 Å². The highest BCUT2D eigenvalue weighted by atomic mass is 16.5. The van der Waals surface area contributed by atoms with E-state index in [0.717, 1.165) is 26.2 Å². The molecule has 7 nitrogen and oxygen atoms in total. The summed E-state index contributed by atoms with van der Waals surface area (Å²) in [6, 6.07) is 0. The van der Waals surface area contributed by atoms with Gasteiger partial charge in [0.25, 0.3) is 0 Å². The van der Waals surface area contributed by atoms with Gasteiger partial charge in [0.05, 0.1) is 18.9 Å². The molecule has 2 heterocycles. The van der Waals surface area contributed by atoms with Crippen molar-refractivity contribution in [1.29, 1.82) is 0 Å². The van der Waals surface area contributed by atoms with E-state index in [1.54, 1.807) is 12.4 Å². The highest BCUT2D eigenvalue weighted by Gasteiger charge is 2.21. The predicted molar refractivity (Wildman–Crippen MR) is 74.0 cm³/mol. The normalized spacial score (nSPS) is 20.2. The average molecular weight is 281 g/mol. The van der Waals surface area contributed by atoms with Crippen LogP contribution in [0, 0.1) is 5.92 Å². The summed E-state index contributed by atoms with van der Waals surface area (Å²) in [5, 5.41) is 10.3. The van der Waals surface area contributed by atoms with Gasteiger partial charge in [0.15, 0.2) is 0 Å². The fraction of sp³-hybridized carbons (Fsp3) is 0.769. The monoisotopic (exact) mass is 281 g/mol. The first-order valence-electron chi connectivity index (χ1n) is 7.08. The Hall–Kier alpha value is -1.47. The van der Waals surface area contributed by atoms with Crippen molar-refractivity contribution >= 4 is 5.91 Å². The summed E-state index contributed by atoms with van der Waals surface area (Å²) in [5.74, 6) is 0.579. The van der Waals surface area contributed by atoms with Gasteiger partial charge in [-0.2, -0.15) is 0 Å². The maximum Gasteiger partial charge on any atom is 0.241 e. The van der Waals surface area contributed by atoms with Gasteiger partial charge in [0, 0.05) is 32.4 Å². The molecule has 1 N–H and O–H groups in total. The lowest BCUT2D eigenvalue weighted by Gasteiger charge is -2.33. The van der Waals surface area contributed by atoms with Gasteiger partial charge in [-0.3, -0.25) is 9.69 Å². The van der Waals surface area contributed by atoms with E-state index in [1.807, 2.05) is 0 Å². The first-order chi connectivity index (χ1) is 9.63. The molecule has 0 aromatic carbocycles. The number of hydrogen-bond donors (Lipinski definition) is 1. The third-order valence-corrected chi connectivity index (χ3v) is 3.15. The molecule has 1 amide bonds. The lowest BCUT2D eigenvalue weighted by molar-refractivity contribution is -0.123. The molecule has 1 aromatic rings. The molecule has 1 saturated heterocycles. The average Bonchev–Trinajstić information content (AvgIpc) is 2.89. The van der Waals surface area contributed by atoms with Gasteiger partial charge in [-0.25, -0.2) is 4.68 Å². The molecule has 1 fully saturated rings. The Morgan fingerprint density at radius 1 is 1.55 bits per heavy atom. The van der Waals surface area contributed by atoms with Crippen LogP contribution in [0.15, 0.2) is 12.4 Å². The highest BCUT2D eigenvalue weighted by Crippen LogP contribution is 2.07. The molecule has 0 bridgehead atoms. The zero-order valence-electron chi connectivity index (χ0n) is 12.2. The number of nitrogens with zero attached hydrogens (tertiary/aromatic N) is 4. The third-order valence-electron chi connectivity index (χ3n) is 3.15. The van der Waals surface area contributed by atoms with Crippen LogP contribution in [0.1, 0.15) is 13.8 Å². The minimum atomic E-state index is -0.0694. The van der Waals surface area contributed by atoms with Gasteiger partial charge in [0.1, 0.15) is 6.54 Å². The molecule has 1 atom stereocenters. The molecule has 7 heteroatoms. The topological polar surface area (TPSA) is 72.3 Å². The Labute approximate surface area is 119 Å². The van der Waals surface area contributed by atoms with Crippen molar-refractivity contribution in [1.82, 2.24) is 25.2 Å². The summed E-state index contributed by atoms with van der Waals surface area (Å²) in [7, 11) is 0. The minimum absolute atomic E-state index is 0.0694. The minimum Gasteiger partial charge on any atom is -0.374 e. The number of aromatic nitrogens is 3. The summed E-state index contributed by atoms with van der Waals surface area (Å²) in [4.78, 5) is 14.1. The Morgan fingerprint density at radius 2 is 2.40 bits per heavy atom. The zero-order valence-corrected chi connectivity index (χ0v) is 12.2. The Morgan fingerprint density at radius 3 is 3.10 bits per heavy atom. The molecule has 0 radical (unpaired) electrons. The predicted octanol–water partition coefficient (Wildman–Crippen LogP) is -0.249. The number of nitrogens with one attached hydrogen (secondary N) is 1. The van der Waals surface area contributed by atoms with Crippen molar-refractivity contribution in [2.45, 2.75) is 26.5 Å². The lowest BCUT2D eigenvalue weighted by Crippen LogP contribution is -2.48. The van der Waals surface area contributed by atoms with E-state index in [4.69, 9.17) is 4.74 Å². The molecule has 112 valence electrons. The number of amides is 1. The van der Waals surface area contributed by atoms with Crippen molar-refractivity contribution < 1.29 is 9.53 Å². The van der Waals surface area contributed by atoms with Gasteiger partial charge in [-0.05, 0) is 5.92 Å². The SMILES string of the molecule is CC(C)CN1CCOC(CNC(=O)Cn2ccnn2)C1. The van der Waals surface area contributed by atoms with Crippen LogP contribution in [-0.2, 0) is 16.1 Å². The van der Waals surface area contributed by atoms with Crippen LogP contribution in [-0.4, -0.2) is 64.7 Å². The van der Waals surface area contributed by atoms with Crippen molar-refractivity contribution in [3.8, 4) is 0 Å². The number of carbonyl (C=O) groups is 1. The molecule has 0 spiro atoms. The van der Waals surface area contributed by atoms with Crippen molar-refractivity contribution in [3.63, 3.8) is 0 Å². The van der Waals surface area contributed by atoms with Crippen LogP contribution < -0.4 is 5.32 Å². The van der Waals surface area contributed by atoms with Gasteiger partial charge in [0.2, 0.25) is 5.91 Å². The number of carbonyl (C=O) groups excluding carboxylic acids is 1. The van der Waals surface area contributed by atoms with Crippen LogP contribution >= 0.6 is 0 Å². The second kappa shape index (κ2) is 7.35. The molecule has 0 aliphatic carbocycles. The molecule has 1 unspecified atom stereocenters. The highest BCUT2D eigenvalue weighted by molar-refractivity contribution is 5.75. The van der Waals surface area contributed by atoms with Crippen LogP contribution in [0.5, 0.6) is 0 Å². The number of rotatable bonds is 6. The van der Waals surface area contributed by atoms with E-state index < -0.39 is 0 Å². The van der Waals surface area contributed by atoms with E-state index in [2.05, 4.69) is 34.4 Å². The second-order valence-corrected chi connectivity index (χ2v) is 5.55. The first kappa shape index (κ1) is 14.9. The van der Waals surface area contributed by atoms with Crippen molar-refractivity contribution in [3.05, 3.63) is 12.4 Å². The van der Waals surface area contributed by atoms with Gasteiger partial charge >= 0.3 is 0 Å². The van der Waals surface area contributed by atoms with E-state index in [9.17, 15) is 4.79 Å². The van der Waals surface area contributed by atoms with Crippen LogP contribution in [0.4, 0.5) is 0 Å². The van der Waals surface area contributed by atoms with E-state index in [0.29, 0.717) is 12.5 Å². The summed E-state index contributed by atoms with van der Waals surface area (Å²) in [5.41, 5.74) is 0.